The number of rotatable bonds is 3. The van der Waals surface area contributed by atoms with Crippen LogP contribution in [0.3, 0.4) is 0 Å². The van der Waals surface area contributed by atoms with Crippen LogP contribution in [0.5, 0.6) is 5.75 Å². The first-order valence-corrected chi connectivity index (χ1v) is 4.43. The van der Waals surface area contributed by atoms with Gasteiger partial charge < -0.3 is 9.47 Å². The molecule has 0 spiro atoms. The van der Waals surface area contributed by atoms with Gasteiger partial charge in [-0.25, -0.2) is 4.39 Å². The van der Waals surface area contributed by atoms with Crippen molar-refractivity contribution in [2.75, 3.05) is 7.11 Å². The van der Waals surface area contributed by atoms with Crippen molar-refractivity contribution in [2.45, 2.75) is 12.8 Å². The van der Waals surface area contributed by atoms with Crippen LogP contribution in [-0.2, 0) is 16.0 Å². The first-order valence-electron chi connectivity index (χ1n) is 4.43. The first-order chi connectivity index (χ1) is 7.83. The molecule has 7 heteroatoms. The van der Waals surface area contributed by atoms with Crippen molar-refractivity contribution in [3.8, 4) is 5.75 Å². The smallest absolute Gasteiger partial charge is 0.469 e. The molecule has 0 heterocycles. The Labute approximate surface area is 93.9 Å². The molecule has 0 fully saturated rings. The van der Waals surface area contributed by atoms with Gasteiger partial charge in [-0.15, -0.1) is 13.2 Å². The molecule has 0 radical (unpaired) electrons. The third-order valence-electron chi connectivity index (χ3n) is 1.85. The number of carbonyl (C=O) groups is 1. The minimum Gasteiger partial charge on any atom is -0.469 e. The number of alkyl halides is 3. The van der Waals surface area contributed by atoms with Crippen molar-refractivity contribution in [2.24, 2.45) is 0 Å². The number of ether oxygens (including phenoxy) is 2. The summed E-state index contributed by atoms with van der Waals surface area (Å²) in [5.41, 5.74) is -0.489. The van der Waals surface area contributed by atoms with Gasteiger partial charge in [0.05, 0.1) is 13.5 Å². The monoisotopic (exact) mass is 252 g/mol. The van der Waals surface area contributed by atoms with E-state index < -0.39 is 35.9 Å². The van der Waals surface area contributed by atoms with Gasteiger partial charge in [0.25, 0.3) is 0 Å². The molecule has 0 aromatic heterocycles. The molecular weight excluding hydrogens is 244 g/mol. The van der Waals surface area contributed by atoms with Crippen molar-refractivity contribution >= 4 is 5.97 Å². The molecule has 0 bridgehead atoms. The fourth-order valence-electron chi connectivity index (χ4n) is 1.15. The van der Waals surface area contributed by atoms with E-state index in [1.807, 2.05) is 0 Å². The maximum atomic E-state index is 13.3. The molecule has 1 aromatic rings. The normalized spacial score (nSPS) is 11.1. The topological polar surface area (TPSA) is 35.5 Å². The predicted molar refractivity (Wildman–Crippen MR) is 48.8 cm³/mol. The number of carbonyl (C=O) groups excluding carboxylic acids is 1. The average Bonchev–Trinajstić information content (AvgIpc) is 2.20. The lowest BCUT2D eigenvalue weighted by Crippen LogP contribution is -2.19. The lowest BCUT2D eigenvalue weighted by Gasteiger charge is -2.13. The van der Waals surface area contributed by atoms with Crippen LogP contribution < -0.4 is 4.74 Å². The van der Waals surface area contributed by atoms with Crippen LogP contribution in [0.15, 0.2) is 18.2 Å². The average molecular weight is 252 g/mol. The van der Waals surface area contributed by atoms with E-state index >= 15 is 0 Å². The van der Waals surface area contributed by atoms with Crippen LogP contribution in [-0.4, -0.2) is 19.4 Å². The maximum Gasteiger partial charge on any atom is 0.573 e. The van der Waals surface area contributed by atoms with Crippen LogP contribution in [0.2, 0.25) is 0 Å². The van der Waals surface area contributed by atoms with E-state index in [1.165, 1.54) is 0 Å². The van der Waals surface area contributed by atoms with E-state index in [0.29, 0.717) is 0 Å². The van der Waals surface area contributed by atoms with Gasteiger partial charge in [-0.05, 0) is 12.1 Å². The standard InChI is InChI=1S/C10H8F4O3/c1-16-9(15)5-6-7(11)3-2-4-8(6)17-10(12,13)14/h2-4H,5H2,1H3. The first kappa shape index (κ1) is 13.3. The summed E-state index contributed by atoms with van der Waals surface area (Å²) in [6.07, 6.45) is -5.58. The predicted octanol–water partition coefficient (Wildman–Crippen LogP) is 2.44. The van der Waals surface area contributed by atoms with Gasteiger partial charge in [-0.3, -0.25) is 4.79 Å². The fourth-order valence-corrected chi connectivity index (χ4v) is 1.15. The van der Waals surface area contributed by atoms with Crippen LogP contribution >= 0.6 is 0 Å². The van der Waals surface area contributed by atoms with Gasteiger partial charge >= 0.3 is 12.3 Å². The molecule has 0 amide bonds. The molecule has 0 atom stereocenters. The Balaban J connectivity index is 3.04. The van der Waals surface area contributed by atoms with Crippen molar-refractivity contribution in [3.05, 3.63) is 29.6 Å². The number of benzene rings is 1. The summed E-state index contributed by atoms with van der Waals surface area (Å²) in [5, 5.41) is 0. The lowest BCUT2D eigenvalue weighted by atomic mass is 10.1. The highest BCUT2D eigenvalue weighted by atomic mass is 19.4. The molecular formula is C10H8F4O3. The minimum atomic E-state index is -4.95. The zero-order valence-corrected chi connectivity index (χ0v) is 8.68. The Morgan fingerprint density at radius 2 is 2.00 bits per heavy atom. The molecule has 0 N–H and O–H groups in total. The molecule has 17 heavy (non-hydrogen) atoms. The third kappa shape index (κ3) is 3.93. The van der Waals surface area contributed by atoms with E-state index in [2.05, 4.69) is 9.47 Å². The van der Waals surface area contributed by atoms with Gasteiger partial charge in [-0.2, -0.15) is 0 Å². The lowest BCUT2D eigenvalue weighted by molar-refractivity contribution is -0.275. The Morgan fingerprint density at radius 1 is 1.35 bits per heavy atom. The second-order valence-corrected chi connectivity index (χ2v) is 3.02. The summed E-state index contributed by atoms with van der Waals surface area (Å²) >= 11 is 0. The van der Waals surface area contributed by atoms with Crippen LogP contribution in [0, 0.1) is 5.82 Å². The van der Waals surface area contributed by atoms with E-state index in [4.69, 9.17) is 0 Å². The summed E-state index contributed by atoms with van der Waals surface area (Å²) in [7, 11) is 1.05. The summed E-state index contributed by atoms with van der Waals surface area (Å²) in [4.78, 5) is 10.9. The third-order valence-corrected chi connectivity index (χ3v) is 1.85. The molecule has 3 nitrogen and oxygen atoms in total. The van der Waals surface area contributed by atoms with E-state index in [1.54, 1.807) is 0 Å². The minimum absolute atomic E-state index is 0.489. The molecule has 0 saturated heterocycles. The van der Waals surface area contributed by atoms with Crippen LogP contribution in [0.1, 0.15) is 5.56 Å². The molecule has 1 rings (SSSR count). The van der Waals surface area contributed by atoms with Gasteiger partial charge in [0.15, 0.2) is 0 Å². The summed E-state index contributed by atoms with van der Waals surface area (Å²) in [5.74, 6) is -2.57. The molecule has 0 unspecified atom stereocenters. The second-order valence-electron chi connectivity index (χ2n) is 3.02. The number of methoxy groups -OCH3 is 1. The number of halogens is 4. The Bertz CT molecular complexity index is 415. The van der Waals surface area contributed by atoms with Crippen molar-refractivity contribution in [3.63, 3.8) is 0 Å². The zero-order chi connectivity index (χ0) is 13.1. The maximum absolute atomic E-state index is 13.3. The summed E-state index contributed by atoms with van der Waals surface area (Å²) < 4.78 is 57.2. The van der Waals surface area contributed by atoms with E-state index in [-0.39, 0.29) is 0 Å². The number of hydrogen-bond donors (Lipinski definition) is 0. The van der Waals surface area contributed by atoms with Crippen molar-refractivity contribution in [1.82, 2.24) is 0 Å². The fraction of sp³-hybridized carbons (Fsp3) is 0.300. The number of hydrogen-bond acceptors (Lipinski definition) is 3. The highest BCUT2D eigenvalue weighted by Gasteiger charge is 2.32. The SMILES string of the molecule is COC(=O)Cc1c(F)cccc1OC(F)(F)F. The quantitative estimate of drug-likeness (QED) is 0.612. The van der Waals surface area contributed by atoms with Crippen molar-refractivity contribution < 1.29 is 31.8 Å². The Morgan fingerprint density at radius 3 is 2.53 bits per heavy atom. The highest BCUT2D eigenvalue weighted by Crippen LogP contribution is 2.28. The second kappa shape index (κ2) is 5.03. The summed E-state index contributed by atoms with van der Waals surface area (Å²) in [6, 6.07) is 2.91. The molecule has 0 saturated carbocycles. The molecule has 94 valence electrons. The van der Waals surface area contributed by atoms with Gasteiger partial charge in [0.2, 0.25) is 0 Å². The Hall–Kier alpha value is -1.79. The largest absolute Gasteiger partial charge is 0.573 e. The highest BCUT2D eigenvalue weighted by molar-refractivity contribution is 5.73. The van der Waals surface area contributed by atoms with Gasteiger partial charge in [0.1, 0.15) is 11.6 Å². The van der Waals surface area contributed by atoms with Crippen LogP contribution in [0.4, 0.5) is 17.6 Å². The Kier molecular flexibility index (Phi) is 3.93. The van der Waals surface area contributed by atoms with Crippen molar-refractivity contribution in [1.29, 1.82) is 0 Å². The molecule has 1 aromatic carbocycles. The molecule has 0 aliphatic carbocycles. The summed E-state index contributed by atoms with van der Waals surface area (Å²) in [6.45, 7) is 0. The van der Waals surface area contributed by atoms with Gasteiger partial charge in [0, 0.05) is 5.56 Å². The molecule has 0 aliphatic rings. The van der Waals surface area contributed by atoms with E-state index in [0.717, 1.165) is 25.3 Å². The van der Waals surface area contributed by atoms with Crippen LogP contribution in [0.25, 0.3) is 0 Å². The van der Waals surface area contributed by atoms with E-state index in [9.17, 15) is 22.4 Å². The zero-order valence-electron chi connectivity index (χ0n) is 8.68. The number of esters is 1. The molecule has 0 aliphatic heterocycles. The van der Waals surface area contributed by atoms with Gasteiger partial charge in [-0.1, -0.05) is 6.07 Å².